The van der Waals surface area contributed by atoms with Crippen molar-refractivity contribution in [3.8, 4) is 17.2 Å². The van der Waals surface area contributed by atoms with Crippen molar-refractivity contribution in [2.45, 2.75) is 11.0 Å². The van der Waals surface area contributed by atoms with E-state index in [-0.39, 0.29) is 24.1 Å². The predicted octanol–water partition coefficient (Wildman–Crippen LogP) is 1.27. The highest BCUT2D eigenvalue weighted by molar-refractivity contribution is 7.89. The van der Waals surface area contributed by atoms with Crippen LogP contribution in [0.5, 0.6) is 17.2 Å². The molecule has 0 saturated carbocycles. The second-order valence-corrected chi connectivity index (χ2v) is 8.28. The van der Waals surface area contributed by atoms with E-state index >= 15 is 0 Å². The van der Waals surface area contributed by atoms with Crippen molar-refractivity contribution in [1.82, 2.24) is 9.62 Å². The Hall–Kier alpha value is -2.78. The molecule has 28 heavy (non-hydrogen) atoms. The third-order valence-electron chi connectivity index (χ3n) is 4.23. The Morgan fingerprint density at radius 1 is 1.18 bits per heavy atom. The van der Waals surface area contributed by atoms with Crippen LogP contribution in [0.2, 0.25) is 0 Å². The maximum Gasteiger partial charge on any atom is 0.243 e. The van der Waals surface area contributed by atoms with Crippen molar-refractivity contribution in [1.29, 1.82) is 0 Å². The van der Waals surface area contributed by atoms with Crippen LogP contribution in [0.4, 0.5) is 0 Å². The van der Waals surface area contributed by atoms with Crippen LogP contribution in [0.25, 0.3) is 0 Å². The van der Waals surface area contributed by atoms with Gasteiger partial charge in [0.1, 0.15) is 18.5 Å². The number of nitrogens with one attached hydrogen (secondary N) is 1. The van der Waals surface area contributed by atoms with E-state index in [2.05, 4.69) is 5.32 Å². The Labute approximate surface area is 164 Å². The Kier molecular flexibility index (Phi) is 6.05. The molecule has 3 rings (SSSR count). The molecule has 1 amide bonds. The second-order valence-electron chi connectivity index (χ2n) is 6.24. The lowest BCUT2D eigenvalue weighted by atomic mass is 10.2. The lowest BCUT2D eigenvalue weighted by Gasteiger charge is -2.26. The van der Waals surface area contributed by atoms with Gasteiger partial charge in [-0.05, 0) is 36.4 Å². The number of likely N-dealkylation sites (N-methyl/N-ethyl adjacent to an activating group) is 1. The number of sulfonamides is 1. The molecule has 8 nitrogen and oxygen atoms in total. The molecule has 0 radical (unpaired) electrons. The molecule has 0 bridgehead atoms. The van der Waals surface area contributed by atoms with Gasteiger partial charge in [-0.2, -0.15) is 4.31 Å². The summed E-state index contributed by atoms with van der Waals surface area (Å²) >= 11 is 0. The van der Waals surface area contributed by atoms with Crippen molar-refractivity contribution in [2.24, 2.45) is 0 Å². The topological polar surface area (TPSA) is 94.2 Å². The van der Waals surface area contributed by atoms with Crippen LogP contribution in [-0.4, -0.2) is 58.6 Å². The number of para-hydroxylation sites is 2. The van der Waals surface area contributed by atoms with E-state index in [1.54, 1.807) is 18.2 Å². The number of methoxy groups -OCH3 is 1. The molecule has 1 atom stereocenters. The lowest BCUT2D eigenvalue weighted by Crippen LogP contribution is -2.44. The number of benzene rings is 2. The van der Waals surface area contributed by atoms with Crippen LogP contribution in [0.1, 0.15) is 0 Å². The summed E-state index contributed by atoms with van der Waals surface area (Å²) in [5, 5.41) is 2.69. The molecule has 0 fully saturated rings. The molecule has 2 aromatic rings. The van der Waals surface area contributed by atoms with E-state index in [9.17, 15) is 13.2 Å². The summed E-state index contributed by atoms with van der Waals surface area (Å²) in [5.74, 6) is 1.40. The number of hydrogen-bond donors (Lipinski definition) is 1. The molecule has 2 aromatic carbocycles. The van der Waals surface area contributed by atoms with Crippen molar-refractivity contribution in [3.63, 3.8) is 0 Å². The predicted molar refractivity (Wildman–Crippen MR) is 102 cm³/mol. The Balaban J connectivity index is 1.52. The third kappa shape index (κ3) is 4.55. The van der Waals surface area contributed by atoms with Gasteiger partial charge in [0, 0.05) is 7.05 Å². The highest BCUT2D eigenvalue weighted by atomic mass is 32.2. The quantitative estimate of drug-likeness (QED) is 0.744. The van der Waals surface area contributed by atoms with E-state index in [1.807, 2.05) is 18.2 Å². The van der Waals surface area contributed by atoms with Gasteiger partial charge in [-0.3, -0.25) is 4.79 Å². The first-order chi connectivity index (χ1) is 13.4. The first-order valence-corrected chi connectivity index (χ1v) is 10.1. The fourth-order valence-corrected chi connectivity index (χ4v) is 3.79. The third-order valence-corrected chi connectivity index (χ3v) is 6.05. The monoisotopic (exact) mass is 406 g/mol. The normalized spacial score (nSPS) is 15.9. The van der Waals surface area contributed by atoms with Crippen molar-refractivity contribution in [3.05, 3.63) is 48.5 Å². The Morgan fingerprint density at radius 2 is 1.86 bits per heavy atom. The zero-order chi connectivity index (χ0) is 20.1. The molecule has 1 N–H and O–H groups in total. The highest BCUT2D eigenvalue weighted by Crippen LogP contribution is 2.30. The number of nitrogens with zero attached hydrogens (tertiary/aromatic N) is 1. The van der Waals surface area contributed by atoms with Gasteiger partial charge in [0.15, 0.2) is 11.5 Å². The number of amides is 1. The molecule has 0 spiro atoms. The molecule has 1 heterocycles. The zero-order valence-corrected chi connectivity index (χ0v) is 16.4. The number of fused-ring (bicyclic) bond motifs is 1. The van der Waals surface area contributed by atoms with E-state index in [0.29, 0.717) is 23.9 Å². The molecule has 150 valence electrons. The molecular formula is C19H22N2O6S. The molecule has 1 aliphatic heterocycles. The number of carbonyl (C=O) groups is 1. The smallest absolute Gasteiger partial charge is 0.243 e. The molecule has 1 aliphatic rings. The Bertz CT molecular complexity index is 930. The summed E-state index contributed by atoms with van der Waals surface area (Å²) in [6.45, 7) is 0.208. The average Bonchev–Trinajstić information content (AvgIpc) is 2.72. The largest absolute Gasteiger partial charge is 0.497 e. The van der Waals surface area contributed by atoms with Gasteiger partial charge in [-0.25, -0.2) is 8.42 Å². The zero-order valence-electron chi connectivity index (χ0n) is 15.6. The lowest BCUT2D eigenvalue weighted by molar-refractivity contribution is -0.121. The van der Waals surface area contributed by atoms with Crippen LogP contribution in [0.3, 0.4) is 0 Å². The van der Waals surface area contributed by atoms with Gasteiger partial charge in [0.2, 0.25) is 15.9 Å². The summed E-state index contributed by atoms with van der Waals surface area (Å²) in [4.78, 5) is 12.3. The van der Waals surface area contributed by atoms with Gasteiger partial charge in [-0.1, -0.05) is 12.1 Å². The number of carbonyl (C=O) groups excluding carboxylic acids is 1. The van der Waals surface area contributed by atoms with Crippen LogP contribution in [0.15, 0.2) is 53.4 Å². The minimum atomic E-state index is -3.78. The van der Waals surface area contributed by atoms with Gasteiger partial charge < -0.3 is 19.5 Å². The molecule has 0 aliphatic carbocycles. The molecular weight excluding hydrogens is 384 g/mol. The van der Waals surface area contributed by atoms with Crippen molar-refractivity contribution >= 4 is 15.9 Å². The van der Waals surface area contributed by atoms with E-state index in [4.69, 9.17) is 14.2 Å². The Morgan fingerprint density at radius 3 is 2.54 bits per heavy atom. The van der Waals surface area contributed by atoms with Crippen LogP contribution < -0.4 is 19.5 Å². The maximum absolute atomic E-state index is 12.6. The summed E-state index contributed by atoms with van der Waals surface area (Å²) in [7, 11) is -0.925. The first kappa shape index (κ1) is 20.0. The van der Waals surface area contributed by atoms with Gasteiger partial charge in [0.05, 0.1) is 25.1 Å². The first-order valence-electron chi connectivity index (χ1n) is 8.65. The summed E-state index contributed by atoms with van der Waals surface area (Å²) < 4.78 is 42.5. The molecule has 1 unspecified atom stereocenters. The standard InChI is InChI=1S/C19H22N2O6S/c1-21(28(23,24)16-9-7-14(25-2)8-10-16)12-19(22)20-11-15-13-26-17-5-3-4-6-18(17)27-15/h3-10,15H,11-13H2,1-2H3,(H,20,22). The van der Waals surface area contributed by atoms with Crippen LogP contribution in [0, 0.1) is 0 Å². The SMILES string of the molecule is COc1ccc(S(=O)(=O)N(C)CC(=O)NCC2COc3ccccc3O2)cc1. The van der Waals surface area contributed by atoms with Gasteiger partial charge in [0.25, 0.3) is 0 Å². The summed E-state index contributed by atoms with van der Waals surface area (Å²) in [6.07, 6.45) is -0.345. The average molecular weight is 406 g/mol. The van der Waals surface area contributed by atoms with E-state index in [1.165, 1.54) is 26.3 Å². The van der Waals surface area contributed by atoms with Gasteiger partial charge in [-0.15, -0.1) is 0 Å². The molecule has 0 aromatic heterocycles. The summed E-state index contributed by atoms with van der Waals surface area (Å²) in [6, 6.07) is 13.3. The van der Waals surface area contributed by atoms with E-state index in [0.717, 1.165) is 4.31 Å². The minimum absolute atomic E-state index is 0.0872. The minimum Gasteiger partial charge on any atom is -0.497 e. The number of hydrogen-bond acceptors (Lipinski definition) is 6. The van der Waals surface area contributed by atoms with Crippen molar-refractivity contribution < 1.29 is 27.4 Å². The van der Waals surface area contributed by atoms with Crippen LogP contribution in [-0.2, 0) is 14.8 Å². The highest BCUT2D eigenvalue weighted by Gasteiger charge is 2.25. The number of ether oxygens (including phenoxy) is 3. The number of rotatable bonds is 7. The fourth-order valence-electron chi connectivity index (χ4n) is 2.66. The van der Waals surface area contributed by atoms with Gasteiger partial charge >= 0.3 is 0 Å². The maximum atomic E-state index is 12.6. The van der Waals surface area contributed by atoms with Crippen LogP contribution >= 0.6 is 0 Å². The molecule has 9 heteroatoms. The second kappa shape index (κ2) is 8.49. The van der Waals surface area contributed by atoms with E-state index < -0.39 is 15.9 Å². The van der Waals surface area contributed by atoms with Crippen molar-refractivity contribution in [2.75, 3.05) is 33.9 Å². The molecule has 0 saturated heterocycles. The summed E-state index contributed by atoms with van der Waals surface area (Å²) in [5.41, 5.74) is 0. The fraction of sp³-hybridized carbons (Fsp3) is 0.316.